The van der Waals surface area contributed by atoms with Crippen molar-refractivity contribution in [1.82, 2.24) is 9.62 Å². The molecule has 146 valence electrons. The number of hydrogen-bond acceptors (Lipinski definition) is 3. The van der Waals surface area contributed by atoms with Crippen molar-refractivity contribution in [2.45, 2.75) is 31.7 Å². The number of carbonyl (C=O) groups is 1. The maximum Gasteiger partial charge on any atom is 0.251 e. The third kappa shape index (κ3) is 4.90. The zero-order chi connectivity index (χ0) is 20.2. The highest BCUT2D eigenvalue weighted by atomic mass is 32.2. The van der Waals surface area contributed by atoms with Gasteiger partial charge in [0.25, 0.3) is 5.91 Å². The Morgan fingerprint density at radius 1 is 1.04 bits per heavy atom. The van der Waals surface area contributed by atoms with E-state index >= 15 is 0 Å². The molecule has 5 nitrogen and oxygen atoms in total. The zero-order valence-corrected chi connectivity index (χ0v) is 16.2. The Bertz CT molecular complexity index is 891. The molecule has 1 amide bonds. The quantitative estimate of drug-likeness (QED) is 0.779. The minimum atomic E-state index is -3.56. The van der Waals surface area contributed by atoms with Crippen molar-refractivity contribution in [3.63, 3.8) is 0 Å². The Morgan fingerprint density at radius 3 is 2.04 bits per heavy atom. The van der Waals surface area contributed by atoms with Gasteiger partial charge >= 0.3 is 0 Å². The molecule has 0 aliphatic heterocycles. The van der Waals surface area contributed by atoms with E-state index in [2.05, 4.69) is 5.32 Å². The minimum absolute atomic E-state index is 0.125. The van der Waals surface area contributed by atoms with Gasteiger partial charge in [0.15, 0.2) is 0 Å². The molecule has 0 aromatic heterocycles. The number of rotatable bonds is 7. The number of benzene rings is 2. The second-order valence-corrected chi connectivity index (χ2v) is 7.95. The summed E-state index contributed by atoms with van der Waals surface area (Å²) in [5, 5.41) is 2.64. The Labute approximate surface area is 158 Å². The molecule has 0 heterocycles. The van der Waals surface area contributed by atoms with E-state index in [1.807, 2.05) is 0 Å². The largest absolute Gasteiger partial charge is 0.346 e. The molecule has 0 aliphatic rings. The van der Waals surface area contributed by atoms with Crippen LogP contribution in [0, 0.1) is 11.6 Å². The summed E-state index contributed by atoms with van der Waals surface area (Å²) in [5.41, 5.74) is 0.541. The Kier molecular flexibility index (Phi) is 6.67. The zero-order valence-electron chi connectivity index (χ0n) is 15.4. The lowest BCUT2D eigenvalue weighted by Gasteiger charge is -2.19. The van der Waals surface area contributed by atoms with Gasteiger partial charge in [0.1, 0.15) is 11.6 Å². The summed E-state index contributed by atoms with van der Waals surface area (Å²) in [7, 11) is -3.56. The summed E-state index contributed by atoms with van der Waals surface area (Å²) in [6.45, 7) is 5.97. The van der Waals surface area contributed by atoms with Gasteiger partial charge in [-0.2, -0.15) is 4.31 Å². The fourth-order valence-electron chi connectivity index (χ4n) is 2.69. The Balaban J connectivity index is 2.16. The number of sulfonamides is 1. The Hall–Kier alpha value is -2.32. The summed E-state index contributed by atoms with van der Waals surface area (Å²) >= 11 is 0. The van der Waals surface area contributed by atoms with E-state index in [9.17, 15) is 22.0 Å². The first-order valence-corrected chi connectivity index (χ1v) is 10.00. The van der Waals surface area contributed by atoms with E-state index < -0.39 is 33.6 Å². The normalized spacial score (nSPS) is 12.8. The summed E-state index contributed by atoms with van der Waals surface area (Å²) in [5.74, 6) is -2.29. The van der Waals surface area contributed by atoms with Gasteiger partial charge < -0.3 is 5.32 Å². The molecular formula is C19H22F2N2O3S. The van der Waals surface area contributed by atoms with E-state index in [4.69, 9.17) is 0 Å². The van der Waals surface area contributed by atoms with E-state index in [0.29, 0.717) is 24.7 Å². The molecule has 0 saturated carbocycles. The summed E-state index contributed by atoms with van der Waals surface area (Å²) in [4.78, 5) is 12.3. The van der Waals surface area contributed by atoms with Crippen LogP contribution in [0.15, 0.2) is 47.4 Å². The number of hydrogen-bond donors (Lipinski definition) is 1. The Morgan fingerprint density at radius 2 is 1.56 bits per heavy atom. The highest BCUT2D eigenvalue weighted by Crippen LogP contribution is 2.20. The monoisotopic (exact) mass is 396 g/mol. The van der Waals surface area contributed by atoms with E-state index in [1.165, 1.54) is 16.4 Å². The molecule has 1 unspecified atom stereocenters. The molecule has 1 N–H and O–H groups in total. The SMILES string of the molecule is CCN(CC)S(=O)(=O)c1ccc(C(C)NC(=O)c2cc(F)cc(F)c2)cc1. The molecule has 1 atom stereocenters. The second-order valence-electron chi connectivity index (χ2n) is 6.01. The molecule has 0 spiro atoms. The fourth-order valence-corrected chi connectivity index (χ4v) is 4.15. The maximum absolute atomic E-state index is 13.2. The standard InChI is InChI=1S/C19H22F2N2O3S/c1-4-23(5-2)27(25,26)18-8-6-14(7-9-18)13(3)22-19(24)15-10-16(20)12-17(21)11-15/h6-13H,4-5H2,1-3H3,(H,22,24). The molecule has 0 fully saturated rings. The predicted molar refractivity (Wildman–Crippen MR) is 98.8 cm³/mol. The molecule has 0 bridgehead atoms. The maximum atomic E-state index is 13.2. The molecule has 2 aromatic carbocycles. The molecule has 0 saturated heterocycles. The lowest BCUT2D eigenvalue weighted by molar-refractivity contribution is 0.0939. The first-order valence-electron chi connectivity index (χ1n) is 8.56. The lowest BCUT2D eigenvalue weighted by atomic mass is 10.1. The van der Waals surface area contributed by atoms with Gasteiger partial charge in [-0.25, -0.2) is 17.2 Å². The summed E-state index contributed by atoms with van der Waals surface area (Å²) in [6, 6.07) is 8.28. The minimum Gasteiger partial charge on any atom is -0.346 e. The third-order valence-corrected chi connectivity index (χ3v) is 6.26. The van der Waals surface area contributed by atoms with Crippen LogP contribution in [0.2, 0.25) is 0 Å². The smallest absolute Gasteiger partial charge is 0.251 e. The van der Waals surface area contributed by atoms with Crippen molar-refractivity contribution in [3.8, 4) is 0 Å². The van der Waals surface area contributed by atoms with Crippen LogP contribution < -0.4 is 5.32 Å². The summed E-state index contributed by atoms with van der Waals surface area (Å²) < 4.78 is 52.8. The van der Waals surface area contributed by atoms with E-state index in [1.54, 1.807) is 32.9 Å². The highest BCUT2D eigenvalue weighted by molar-refractivity contribution is 7.89. The van der Waals surface area contributed by atoms with Crippen molar-refractivity contribution in [3.05, 3.63) is 65.2 Å². The van der Waals surface area contributed by atoms with Gasteiger partial charge in [0, 0.05) is 24.7 Å². The van der Waals surface area contributed by atoms with Crippen LogP contribution in [-0.4, -0.2) is 31.7 Å². The van der Waals surface area contributed by atoms with Crippen molar-refractivity contribution in [2.75, 3.05) is 13.1 Å². The van der Waals surface area contributed by atoms with E-state index in [-0.39, 0.29) is 10.5 Å². The van der Waals surface area contributed by atoms with Crippen molar-refractivity contribution >= 4 is 15.9 Å². The van der Waals surface area contributed by atoms with Gasteiger partial charge in [0.05, 0.1) is 10.9 Å². The average molecular weight is 396 g/mol. The molecule has 2 aromatic rings. The predicted octanol–water partition coefficient (Wildman–Crippen LogP) is 3.49. The van der Waals surface area contributed by atoms with Gasteiger partial charge in [0.2, 0.25) is 10.0 Å². The topological polar surface area (TPSA) is 66.5 Å². The first-order chi connectivity index (χ1) is 12.7. The van der Waals surface area contributed by atoms with E-state index in [0.717, 1.165) is 12.1 Å². The highest BCUT2D eigenvalue weighted by Gasteiger charge is 2.22. The van der Waals surface area contributed by atoms with Crippen LogP contribution in [0.4, 0.5) is 8.78 Å². The van der Waals surface area contributed by atoms with Crippen molar-refractivity contribution in [1.29, 1.82) is 0 Å². The molecule has 8 heteroatoms. The van der Waals surface area contributed by atoms with Crippen molar-refractivity contribution in [2.24, 2.45) is 0 Å². The van der Waals surface area contributed by atoms with Crippen LogP contribution >= 0.6 is 0 Å². The van der Waals surface area contributed by atoms with Crippen LogP contribution in [0.25, 0.3) is 0 Å². The molecule has 0 radical (unpaired) electrons. The molecule has 0 aliphatic carbocycles. The van der Waals surface area contributed by atoms with Gasteiger partial charge in [-0.15, -0.1) is 0 Å². The molecule has 27 heavy (non-hydrogen) atoms. The summed E-state index contributed by atoms with van der Waals surface area (Å²) in [6.07, 6.45) is 0. The lowest BCUT2D eigenvalue weighted by Crippen LogP contribution is -2.30. The van der Waals surface area contributed by atoms with Crippen LogP contribution in [0.1, 0.15) is 42.7 Å². The van der Waals surface area contributed by atoms with Gasteiger partial charge in [-0.1, -0.05) is 26.0 Å². The van der Waals surface area contributed by atoms with Crippen LogP contribution in [0.3, 0.4) is 0 Å². The number of nitrogens with one attached hydrogen (secondary N) is 1. The fraction of sp³-hybridized carbons (Fsp3) is 0.316. The third-order valence-electron chi connectivity index (χ3n) is 4.20. The van der Waals surface area contributed by atoms with Gasteiger partial charge in [-0.05, 0) is 36.8 Å². The average Bonchev–Trinajstić information content (AvgIpc) is 2.61. The first kappa shape index (κ1) is 21.0. The number of carbonyl (C=O) groups excluding carboxylic acids is 1. The van der Waals surface area contributed by atoms with Gasteiger partial charge in [-0.3, -0.25) is 4.79 Å². The van der Waals surface area contributed by atoms with Crippen molar-refractivity contribution < 1.29 is 22.0 Å². The number of halogens is 2. The van der Waals surface area contributed by atoms with Crippen LogP contribution in [0.5, 0.6) is 0 Å². The molecule has 2 rings (SSSR count). The number of amides is 1. The van der Waals surface area contributed by atoms with Crippen LogP contribution in [-0.2, 0) is 10.0 Å². The molecular weight excluding hydrogens is 374 g/mol. The number of nitrogens with zero attached hydrogens (tertiary/aromatic N) is 1. The second kappa shape index (κ2) is 8.58.